The van der Waals surface area contributed by atoms with Gasteiger partial charge in [-0.1, -0.05) is 17.7 Å². The minimum absolute atomic E-state index is 0.231. The van der Waals surface area contributed by atoms with E-state index in [2.05, 4.69) is 0 Å². The van der Waals surface area contributed by atoms with Crippen LogP contribution in [0.25, 0.3) is 0 Å². The first-order valence-electron chi connectivity index (χ1n) is 5.17. The SMILES string of the molecule is CCOC(=O)CN(C)c1cc(Cl)ccc1C. The van der Waals surface area contributed by atoms with Gasteiger partial charge >= 0.3 is 5.97 Å². The van der Waals surface area contributed by atoms with Crippen molar-refractivity contribution in [1.29, 1.82) is 0 Å². The lowest BCUT2D eigenvalue weighted by atomic mass is 10.2. The molecule has 0 unspecified atom stereocenters. The number of nitrogens with zero attached hydrogens (tertiary/aromatic N) is 1. The van der Waals surface area contributed by atoms with Crippen molar-refractivity contribution in [3.05, 3.63) is 28.8 Å². The van der Waals surface area contributed by atoms with Gasteiger partial charge in [-0.25, -0.2) is 0 Å². The van der Waals surface area contributed by atoms with E-state index in [-0.39, 0.29) is 12.5 Å². The van der Waals surface area contributed by atoms with Crippen molar-refractivity contribution in [3.8, 4) is 0 Å². The van der Waals surface area contributed by atoms with Gasteiger partial charge in [0.1, 0.15) is 6.54 Å². The maximum Gasteiger partial charge on any atom is 0.325 e. The van der Waals surface area contributed by atoms with Crippen molar-refractivity contribution in [2.45, 2.75) is 13.8 Å². The Hall–Kier alpha value is -1.22. The van der Waals surface area contributed by atoms with Crippen LogP contribution in [0.1, 0.15) is 12.5 Å². The van der Waals surface area contributed by atoms with E-state index in [0.717, 1.165) is 11.3 Å². The summed E-state index contributed by atoms with van der Waals surface area (Å²) in [6.07, 6.45) is 0. The summed E-state index contributed by atoms with van der Waals surface area (Å²) in [5, 5.41) is 0.663. The molecule has 0 heterocycles. The highest BCUT2D eigenvalue weighted by Gasteiger charge is 2.10. The Bertz CT molecular complexity index is 379. The van der Waals surface area contributed by atoms with E-state index in [4.69, 9.17) is 16.3 Å². The normalized spacial score (nSPS) is 10.0. The maximum atomic E-state index is 11.3. The summed E-state index contributed by atoms with van der Waals surface area (Å²) in [5.41, 5.74) is 2.02. The Morgan fingerprint density at radius 1 is 1.50 bits per heavy atom. The number of carbonyl (C=O) groups excluding carboxylic acids is 1. The molecule has 1 aromatic rings. The van der Waals surface area contributed by atoms with Gasteiger partial charge in [0.2, 0.25) is 0 Å². The highest BCUT2D eigenvalue weighted by atomic mass is 35.5. The molecular weight excluding hydrogens is 226 g/mol. The number of hydrogen-bond acceptors (Lipinski definition) is 3. The number of ether oxygens (including phenoxy) is 1. The number of halogens is 1. The van der Waals surface area contributed by atoms with E-state index >= 15 is 0 Å². The molecule has 0 radical (unpaired) electrons. The number of carbonyl (C=O) groups is 1. The first kappa shape index (κ1) is 12.8. The zero-order valence-corrected chi connectivity index (χ0v) is 10.5. The number of hydrogen-bond donors (Lipinski definition) is 0. The molecule has 0 aliphatic rings. The molecule has 1 rings (SSSR count). The molecule has 0 N–H and O–H groups in total. The molecule has 0 aromatic heterocycles. The fourth-order valence-electron chi connectivity index (χ4n) is 1.48. The van der Waals surface area contributed by atoms with Gasteiger partial charge in [-0.3, -0.25) is 4.79 Å². The van der Waals surface area contributed by atoms with Crippen LogP contribution in [0.4, 0.5) is 5.69 Å². The van der Waals surface area contributed by atoms with Crippen LogP contribution in [0.3, 0.4) is 0 Å². The number of esters is 1. The lowest BCUT2D eigenvalue weighted by Crippen LogP contribution is -2.27. The zero-order valence-electron chi connectivity index (χ0n) is 9.79. The summed E-state index contributed by atoms with van der Waals surface area (Å²) in [4.78, 5) is 13.2. The first-order chi connectivity index (χ1) is 7.54. The summed E-state index contributed by atoms with van der Waals surface area (Å²) in [6, 6.07) is 5.61. The van der Waals surface area contributed by atoms with Crippen molar-refractivity contribution < 1.29 is 9.53 Å². The predicted octanol–water partition coefficient (Wildman–Crippen LogP) is 2.65. The molecule has 0 fully saturated rings. The molecule has 4 heteroatoms. The highest BCUT2D eigenvalue weighted by Crippen LogP contribution is 2.23. The fourth-order valence-corrected chi connectivity index (χ4v) is 1.65. The van der Waals surface area contributed by atoms with Crippen LogP contribution in [0.5, 0.6) is 0 Å². The summed E-state index contributed by atoms with van der Waals surface area (Å²) in [6.45, 7) is 4.41. The van der Waals surface area contributed by atoms with Crippen molar-refractivity contribution >= 4 is 23.3 Å². The summed E-state index contributed by atoms with van der Waals surface area (Å²) >= 11 is 5.92. The Balaban J connectivity index is 2.76. The van der Waals surface area contributed by atoms with E-state index in [1.165, 1.54) is 0 Å². The highest BCUT2D eigenvalue weighted by molar-refractivity contribution is 6.30. The fraction of sp³-hybridized carbons (Fsp3) is 0.417. The number of likely N-dealkylation sites (N-methyl/N-ethyl adjacent to an activating group) is 1. The monoisotopic (exact) mass is 241 g/mol. The van der Waals surface area contributed by atoms with Crippen LogP contribution in [0, 0.1) is 6.92 Å². The van der Waals surface area contributed by atoms with Crippen LogP contribution in [-0.2, 0) is 9.53 Å². The van der Waals surface area contributed by atoms with Gasteiger partial charge in [-0.2, -0.15) is 0 Å². The lowest BCUT2D eigenvalue weighted by Gasteiger charge is -2.20. The van der Waals surface area contributed by atoms with Crippen LogP contribution in [0.2, 0.25) is 5.02 Å². The van der Waals surface area contributed by atoms with Crippen LogP contribution >= 0.6 is 11.6 Å². The molecule has 0 atom stereocenters. The predicted molar refractivity (Wildman–Crippen MR) is 66.1 cm³/mol. The van der Waals surface area contributed by atoms with Crippen molar-refractivity contribution in [1.82, 2.24) is 0 Å². The van der Waals surface area contributed by atoms with Gasteiger partial charge in [0.25, 0.3) is 0 Å². The van der Waals surface area contributed by atoms with Gasteiger partial charge < -0.3 is 9.64 Å². The standard InChI is InChI=1S/C12H16ClNO2/c1-4-16-12(15)8-14(3)11-7-10(13)6-5-9(11)2/h5-7H,4,8H2,1-3H3. The average molecular weight is 242 g/mol. The topological polar surface area (TPSA) is 29.5 Å². The van der Waals surface area contributed by atoms with Crippen LogP contribution in [-0.4, -0.2) is 26.2 Å². The molecule has 0 bridgehead atoms. The van der Waals surface area contributed by atoms with E-state index in [1.807, 2.05) is 37.1 Å². The van der Waals surface area contributed by atoms with Gasteiger partial charge in [0.05, 0.1) is 6.61 Å². The molecule has 0 aliphatic heterocycles. The minimum atomic E-state index is -0.232. The quantitative estimate of drug-likeness (QED) is 0.759. The second-order valence-corrected chi connectivity index (χ2v) is 4.03. The molecule has 1 aromatic carbocycles. The molecular formula is C12H16ClNO2. The largest absolute Gasteiger partial charge is 0.465 e. The summed E-state index contributed by atoms with van der Waals surface area (Å²) < 4.78 is 4.89. The molecule has 0 saturated heterocycles. The van der Waals surface area contributed by atoms with E-state index in [9.17, 15) is 4.79 Å². The number of benzene rings is 1. The molecule has 0 amide bonds. The van der Waals surface area contributed by atoms with Crippen molar-refractivity contribution in [2.75, 3.05) is 25.1 Å². The third kappa shape index (κ3) is 3.42. The smallest absolute Gasteiger partial charge is 0.325 e. The Kier molecular flexibility index (Phi) is 4.62. The second-order valence-electron chi connectivity index (χ2n) is 3.59. The van der Waals surface area contributed by atoms with Gasteiger partial charge in [-0.15, -0.1) is 0 Å². The third-order valence-electron chi connectivity index (χ3n) is 2.25. The average Bonchev–Trinajstić information content (AvgIpc) is 2.21. The Morgan fingerprint density at radius 3 is 2.81 bits per heavy atom. The van der Waals surface area contributed by atoms with Crippen LogP contribution < -0.4 is 4.90 Å². The number of anilines is 1. The zero-order chi connectivity index (χ0) is 12.1. The molecule has 0 saturated carbocycles. The second kappa shape index (κ2) is 5.75. The molecule has 16 heavy (non-hydrogen) atoms. The minimum Gasteiger partial charge on any atom is -0.465 e. The van der Waals surface area contributed by atoms with E-state index < -0.39 is 0 Å². The molecule has 88 valence electrons. The Morgan fingerprint density at radius 2 is 2.19 bits per heavy atom. The number of aryl methyl sites for hydroxylation is 1. The van der Waals surface area contributed by atoms with Crippen molar-refractivity contribution in [2.24, 2.45) is 0 Å². The Labute approximate surface area is 101 Å². The lowest BCUT2D eigenvalue weighted by molar-refractivity contribution is -0.141. The van der Waals surface area contributed by atoms with Gasteiger partial charge in [0.15, 0.2) is 0 Å². The summed E-state index contributed by atoms with van der Waals surface area (Å²) in [7, 11) is 1.84. The van der Waals surface area contributed by atoms with E-state index in [0.29, 0.717) is 11.6 Å². The third-order valence-corrected chi connectivity index (χ3v) is 2.49. The molecule has 3 nitrogen and oxygen atoms in total. The van der Waals surface area contributed by atoms with Crippen molar-refractivity contribution in [3.63, 3.8) is 0 Å². The molecule has 0 spiro atoms. The maximum absolute atomic E-state index is 11.3. The van der Waals surface area contributed by atoms with Gasteiger partial charge in [0, 0.05) is 17.8 Å². The van der Waals surface area contributed by atoms with Gasteiger partial charge in [-0.05, 0) is 31.5 Å². The molecule has 0 aliphatic carbocycles. The first-order valence-corrected chi connectivity index (χ1v) is 5.55. The van der Waals surface area contributed by atoms with E-state index in [1.54, 1.807) is 6.92 Å². The summed E-state index contributed by atoms with van der Waals surface area (Å²) in [5.74, 6) is -0.232. The number of rotatable bonds is 4. The van der Waals surface area contributed by atoms with Crippen LogP contribution in [0.15, 0.2) is 18.2 Å².